The Morgan fingerprint density at radius 3 is 1.83 bits per heavy atom. The molecule has 0 aliphatic carbocycles. The number of hydrogen-bond acceptors (Lipinski definition) is 5. The molecule has 7 nitrogen and oxygen atoms in total. The van der Waals surface area contributed by atoms with Crippen LogP contribution >= 0.6 is 7.92 Å². The highest BCUT2D eigenvalue weighted by Crippen LogP contribution is 2.34. The lowest BCUT2D eigenvalue weighted by atomic mass is 10.2. The lowest BCUT2D eigenvalue weighted by Crippen LogP contribution is -2.52. The quantitative estimate of drug-likeness (QED) is 0.335. The Balaban J connectivity index is 1.66. The van der Waals surface area contributed by atoms with Gasteiger partial charge in [0.15, 0.2) is 0 Å². The van der Waals surface area contributed by atoms with Crippen molar-refractivity contribution in [3.8, 4) is 0 Å². The molecule has 8 heteroatoms. The van der Waals surface area contributed by atoms with E-state index in [1.165, 1.54) is 14.0 Å². The molecule has 3 aromatic carbocycles. The molecule has 0 aromatic heterocycles. The molecule has 0 fully saturated rings. The summed E-state index contributed by atoms with van der Waals surface area (Å²) in [5.41, 5.74) is 0.834. The third-order valence-electron chi connectivity index (χ3n) is 5.24. The van der Waals surface area contributed by atoms with Crippen LogP contribution in [0.15, 0.2) is 91.0 Å². The van der Waals surface area contributed by atoms with Crippen molar-refractivity contribution in [1.29, 1.82) is 0 Å². The Hall–Kier alpha value is -3.70. The normalized spacial score (nSPS) is 12.3. The number of carbonyl (C=O) groups is 3. The van der Waals surface area contributed by atoms with E-state index in [1.807, 2.05) is 91.0 Å². The molecule has 0 unspecified atom stereocenters. The van der Waals surface area contributed by atoms with Crippen molar-refractivity contribution >= 4 is 36.5 Å². The van der Waals surface area contributed by atoms with E-state index >= 15 is 0 Å². The number of ether oxygens (including phenoxy) is 2. The number of esters is 1. The van der Waals surface area contributed by atoms with Gasteiger partial charge in [0.1, 0.15) is 18.7 Å². The van der Waals surface area contributed by atoms with Crippen molar-refractivity contribution in [2.24, 2.45) is 0 Å². The minimum absolute atomic E-state index is 0.0875. The summed E-state index contributed by atoms with van der Waals surface area (Å²) >= 11 is 0. The molecule has 0 aliphatic rings. The van der Waals surface area contributed by atoms with Crippen LogP contribution in [-0.2, 0) is 25.7 Å². The van der Waals surface area contributed by atoms with Crippen LogP contribution in [0.2, 0.25) is 0 Å². The molecule has 0 aliphatic heterocycles. The Morgan fingerprint density at radius 1 is 0.800 bits per heavy atom. The fourth-order valence-corrected chi connectivity index (χ4v) is 5.77. The second kappa shape index (κ2) is 13.3. The van der Waals surface area contributed by atoms with E-state index in [1.54, 1.807) is 0 Å². The highest BCUT2D eigenvalue weighted by molar-refractivity contribution is 7.73. The Bertz CT molecular complexity index is 1060. The lowest BCUT2D eigenvalue weighted by Gasteiger charge is -2.25. The smallest absolute Gasteiger partial charge is 0.408 e. The van der Waals surface area contributed by atoms with Gasteiger partial charge in [0.25, 0.3) is 0 Å². The molecule has 0 saturated carbocycles. The van der Waals surface area contributed by atoms with Gasteiger partial charge in [-0.3, -0.25) is 4.79 Å². The first kappa shape index (κ1) is 25.9. The third kappa shape index (κ3) is 7.94. The van der Waals surface area contributed by atoms with Gasteiger partial charge in [0.05, 0.1) is 7.11 Å². The van der Waals surface area contributed by atoms with E-state index in [0.717, 1.165) is 16.2 Å². The van der Waals surface area contributed by atoms with E-state index in [9.17, 15) is 14.4 Å². The van der Waals surface area contributed by atoms with Gasteiger partial charge in [-0.2, -0.15) is 0 Å². The molecule has 182 valence electrons. The highest BCUT2D eigenvalue weighted by Gasteiger charge is 2.29. The van der Waals surface area contributed by atoms with E-state index in [2.05, 4.69) is 10.6 Å². The fourth-order valence-electron chi connectivity index (χ4n) is 3.38. The number of benzene rings is 3. The SMILES string of the molecule is COC(=O)[C@@H](CP(c1ccccc1)c1ccccc1)NC(=O)[C@H](C)NC(=O)OCc1ccccc1. The average molecular weight is 493 g/mol. The van der Waals surface area contributed by atoms with Gasteiger partial charge in [-0.25, -0.2) is 9.59 Å². The third-order valence-corrected chi connectivity index (χ3v) is 7.82. The van der Waals surface area contributed by atoms with Gasteiger partial charge in [-0.15, -0.1) is 0 Å². The summed E-state index contributed by atoms with van der Waals surface area (Å²) in [7, 11) is 0.335. The second-order valence-corrected chi connectivity index (χ2v) is 10.0. The zero-order valence-corrected chi connectivity index (χ0v) is 20.6. The van der Waals surface area contributed by atoms with Gasteiger partial charge >= 0.3 is 12.1 Å². The number of alkyl carbamates (subject to hydrolysis) is 1. The minimum atomic E-state index is -0.954. The van der Waals surface area contributed by atoms with Crippen molar-refractivity contribution < 1.29 is 23.9 Å². The molecule has 3 rings (SSSR count). The number of carbonyl (C=O) groups excluding carboxylic acids is 3. The maximum absolute atomic E-state index is 12.9. The van der Waals surface area contributed by atoms with E-state index in [-0.39, 0.29) is 6.61 Å². The topological polar surface area (TPSA) is 93.7 Å². The predicted octanol–water partition coefficient (Wildman–Crippen LogP) is 3.09. The number of amides is 2. The molecule has 0 spiro atoms. The number of hydrogen-bond donors (Lipinski definition) is 2. The summed E-state index contributed by atoms with van der Waals surface area (Å²) in [5.74, 6) is -1.05. The van der Waals surface area contributed by atoms with Crippen molar-refractivity contribution in [2.45, 2.75) is 25.6 Å². The van der Waals surface area contributed by atoms with E-state index in [4.69, 9.17) is 9.47 Å². The summed E-state index contributed by atoms with van der Waals surface area (Å²) < 4.78 is 10.2. The molecule has 0 heterocycles. The van der Waals surface area contributed by atoms with Crippen LogP contribution in [0.1, 0.15) is 12.5 Å². The van der Waals surface area contributed by atoms with Gasteiger partial charge in [0, 0.05) is 6.16 Å². The molecule has 0 saturated heterocycles. The number of rotatable bonds is 10. The Morgan fingerprint density at radius 2 is 1.31 bits per heavy atom. The monoisotopic (exact) mass is 492 g/mol. The Kier molecular flexibility index (Phi) is 9.81. The van der Waals surface area contributed by atoms with Crippen LogP contribution < -0.4 is 21.2 Å². The molecule has 2 amide bonds. The zero-order valence-electron chi connectivity index (χ0n) is 19.7. The van der Waals surface area contributed by atoms with Gasteiger partial charge in [-0.05, 0) is 31.0 Å². The second-order valence-electron chi connectivity index (χ2n) is 7.79. The molecule has 2 atom stereocenters. The molecular weight excluding hydrogens is 463 g/mol. The van der Waals surface area contributed by atoms with Crippen molar-refractivity contribution in [2.75, 3.05) is 13.3 Å². The maximum Gasteiger partial charge on any atom is 0.408 e. The first-order valence-corrected chi connectivity index (χ1v) is 12.7. The molecule has 35 heavy (non-hydrogen) atoms. The van der Waals surface area contributed by atoms with Gasteiger partial charge < -0.3 is 20.1 Å². The standard InChI is InChI=1S/C27H29N2O5P/c1-20(28-27(32)34-18-21-12-6-3-7-13-21)25(30)29-24(26(31)33-2)19-35(22-14-8-4-9-15-22)23-16-10-5-11-17-23/h3-17,20,24H,18-19H2,1-2H3,(H,28,32)(H,29,30)/t20-,24+/m0/s1. The summed E-state index contributed by atoms with van der Waals surface area (Å²) in [6.45, 7) is 1.62. The van der Waals surface area contributed by atoms with E-state index in [0.29, 0.717) is 6.16 Å². The van der Waals surface area contributed by atoms with Crippen molar-refractivity contribution in [3.63, 3.8) is 0 Å². The van der Waals surface area contributed by atoms with Crippen molar-refractivity contribution in [3.05, 3.63) is 96.6 Å². The first-order chi connectivity index (χ1) is 17.0. The van der Waals surface area contributed by atoms with Crippen LogP contribution in [0.3, 0.4) is 0 Å². The summed E-state index contributed by atoms with van der Waals surface area (Å²) in [5, 5.41) is 7.41. The first-order valence-electron chi connectivity index (χ1n) is 11.2. The summed E-state index contributed by atoms with van der Waals surface area (Å²) in [6, 6.07) is 27.2. The number of nitrogens with one attached hydrogen (secondary N) is 2. The lowest BCUT2D eigenvalue weighted by molar-refractivity contribution is -0.144. The van der Waals surface area contributed by atoms with Crippen LogP contribution in [-0.4, -0.2) is 43.3 Å². The van der Waals surface area contributed by atoms with Gasteiger partial charge in [-0.1, -0.05) is 91.0 Å². The highest BCUT2D eigenvalue weighted by atomic mass is 31.1. The minimum Gasteiger partial charge on any atom is -0.467 e. The molecule has 0 radical (unpaired) electrons. The molecule has 3 aromatic rings. The molecule has 2 N–H and O–H groups in total. The van der Waals surface area contributed by atoms with Gasteiger partial charge in [0.2, 0.25) is 5.91 Å². The molecular formula is C27H29N2O5P. The van der Waals surface area contributed by atoms with Crippen LogP contribution in [0.25, 0.3) is 0 Å². The molecule has 0 bridgehead atoms. The predicted molar refractivity (Wildman–Crippen MR) is 137 cm³/mol. The largest absolute Gasteiger partial charge is 0.467 e. The number of methoxy groups -OCH3 is 1. The van der Waals surface area contributed by atoms with E-state index < -0.39 is 38.0 Å². The zero-order chi connectivity index (χ0) is 25.0. The van der Waals surface area contributed by atoms with Crippen LogP contribution in [0, 0.1) is 0 Å². The average Bonchev–Trinajstić information content (AvgIpc) is 2.90. The summed E-state index contributed by atoms with van der Waals surface area (Å²) in [4.78, 5) is 37.6. The fraction of sp³-hybridized carbons (Fsp3) is 0.222. The van der Waals surface area contributed by atoms with Crippen molar-refractivity contribution in [1.82, 2.24) is 10.6 Å². The Labute approximate surface area is 206 Å². The maximum atomic E-state index is 12.9. The van der Waals surface area contributed by atoms with Crippen LogP contribution in [0.5, 0.6) is 0 Å². The summed E-state index contributed by atoms with van der Waals surface area (Å²) in [6.07, 6.45) is -0.366. The van der Waals surface area contributed by atoms with Crippen LogP contribution in [0.4, 0.5) is 4.79 Å².